The first-order valence-electron chi connectivity index (χ1n) is 12.8. The molecule has 0 spiro atoms. The van der Waals surface area contributed by atoms with Gasteiger partial charge in [0.05, 0.1) is 31.6 Å². The van der Waals surface area contributed by atoms with Crippen LogP contribution in [0.5, 0.6) is 0 Å². The van der Waals surface area contributed by atoms with Crippen molar-refractivity contribution in [2.45, 2.75) is 127 Å². The molecule has 0 aromatic rings. The van der Waals surface area contributed by atoms with E-state index in [0.717, 1.165) is 0 Å². The molecule has 0 atom stereocenters. The number of halogens is 1. The van der Waals surface area contributed by atoms with E-state index in [1.807, 2.05) is 20.8 Å². The summed E-state index contributed by atoms with van der Waals surface area (Å²) in [6.45, 7) is 25.8. The van der Waals surface area contributed by atoms with Crippen molar-refractivity contribution >= 4 is 11.6 Å². The molecule has 31 heavy (non-hydrogen) atoms. The van der Waals surface area contributed by atoms with Gasteiger partial charge >= 0.3 is 0 Å². The third kappa shape index (κ3) is 14.1. The molecule has 0 aliphatic carbocycles. The van der Waals surface area contributed by atoms with Gasteiger partial charge in [0.1, 0.15) is 5.78 Å². The SMILES string of the molecule is CCC(=O)C(C)(C)C(=O)C(C)(C)C.CCCC[N+](CCCC)(CCCC)CCCC.[F-]. The van der Waals surface area contributed by atoms with E-state index < -0.39 is 10.8 Å². The zero-order chi connectivity index (χ0) is 23.8. The van der Waals surface area contributed by atoms with E-state index in [0.29, 0.717) is 6.42 Å². The third-order valence-corrected chi connectivity index (χ3v) is 6.21. The molecule has 3 nitrogen and oxygen atoms in total. The Hall–Kier alpha value is -0.770. The number of carbonyl (C=O) groups excluding carboxylic acids is 2. The predicted octanol–water partition coefficient (Wildman–Crippen LogP) is 4.61. The zero-order valence-corrected chi connectivity index (χ0v) is 22.8. The molecule has 0 saturated heterocycles. The highest BCUT2D eigenvalue weighted by atomic mass is 19.0. The maximum Gasteiger partial charge on any atom is 0.151 e. The van der Waals surface area contributed by atoms with Crippen molar-refractivity contribution in [2.24, 2.45) is 10.8 Å². The second-order valence-corrected chi connectivity index (χ2v) is 10.6. The van der Waals surface area contributed by atoms with Crippen molar-refractivity contribution in [3.8, 4) is 0 Å². The van der Waals surface area contributed by atoms with Crippen molar-refractivity contribution in [3.05, 3.63) is 0 Å². The molecular weight excluding hydrogens is 389 g/mol. The third-order valence-electron chi connectivity index (χ3n) is 6.21. The summed E-state index contributed by atoms with van der Waals surface area (Å²) in [6, 6.07) is 0. The number of unbranched alkanes of at least 4 members (excludes halogenated alkanes) is 4. The minimum atomic E-state index is -0.826. The monoisotopic (exact) mass is 445 g/mol. The first-order valence-corrected chi connectivity index (χ1v) is 12.8. The summed E-state index contributed by atoms with van der Waals surface area (Å²) in [5.74, 6) is 0.0410. The molecule has 0 aliphatic rings. The summed E-state index contributed by atoms with van der Waals surface area (Å²) in [6.07, 6.45) is 11.5. The number of Topliss-reactive ketones (excluding diaryl/α,β-unsaturated/α-hetero) is 2. The Morgan fingerprint density at radius 1 is 0.613 bits per heavy atom. The molecule has 0 bridgehead atoms. The average Bonchev–Trinajstić information content (AvgIpc) is 2.71. The normalized spacial score (nSPS) is 11.9. The van der Waals surface area contributed by atoms with Gasteiger partial charge in [-0.25, -0.2) is 0 Å². The maximum atomic E-state index is 11.9. The zero-order valence-electron chi connectivity index (χ0n) is 22.8. The second kappa shape index (κ2) is 17.7. The van der Waals surface area contributed by atoms with Gasteiger partial charge in [0, 0.05) is 11.8 Å². The molecule has 0 unspecified atom stereocenters. The molecular formula is C27H56FNO2. The number of hydrogen-bond acceptors (Lipinski definition) is 2. The molecule has 188 valence electrons. The van der Waals surface area contributed by atoms with Crippen LogP contribution >= 0.6 is 0 Å². The van der Waals surface area contributed by atoms with Crippen LogP contribution in [0, 0.1) is 10.8 Å². The van der Waals surface area contributed by atoms with E-state index in [2.05, 4.69) is 27.7 Å². The lowest BCUT2D eigenvalue weighted by molar-refractivity contribution is -0.929. The summed E-state index contributed by atoms with van der Waals surface area (Å²) in [5.41, 5.74) is -1.26. The fourth-order valence-electron chi connectivity index (χ4n) is 4.15. The van der Waals surface area contributed by atoms with Gasteiger partial charge in [-0.05, 0) is 39.5 Å². The van der Waals surface area contributed by atoms with Crippen LogP contribution in [0.25, 0.3) is 0 Å². The minimum absolute atomic E-state index is 0. The van der Waals surface area contributed by atoms with Crippen LogP contribution in [0.3, 0.4) is 0 Å². The van der Waals surface area contributed by atoms with Crippen LogP contribution in [-0.2, 0) is 9.59 Å². The number of carbonyl (C=O) groups is 2. The topological polar surface area (TPSA) is 34.1 Å². The van der Waals surface area contributed by atoms with Crippen molar-refractivity contribution < 1.29 is 18.8 Å². The highest BCUT2D eigenvalue weighted by molar-refractivity contribution is 6.08. The van der Waals surface area contributed by atoms with Gasteiger partial charge in [0.2, 0.25) is 0 Å². The molecule has 0 radical (unpaired) electrons. The van der Waals surface area contributed by atoms with Crippen molar-refractivity contribution in [1.82, 2.24) is 0 Å². The molecule has 0 heterocycles. The summed E-state index contributed by atoms with van der Waals surface area (Å²) in [4.78, 5) is 23.4. The van der Waals surface area contributed by atoms with Gasteiger partial charge in [-0.3, -0.25) is 9.59 Å². The Labute approximate surface area is 194 Å². The van der Waals surface area contributed by atoms with E-state index in [1.54, 1.807) is 20.8 Å². The van der Waals surface area contributed by atoms with Crippen LogP contribution in [0.1, 0.15) is 127 Å². The molecule has 0 amide bonds. The number of ketones is 2. The Morgan fingerprint density at radius 2 is 0.903 bits per heavy atom. The Morgan fingerprint density at radius 3 is 1.10 bits per heavy atom. The number of nitrogens with zero attached hydrogens (tertiary/aromatic N) is 1. The quantitative estimate of drug-likeness (QED) is 0.272. The fraction of sp³-hybridized carbons (Fsp3) is 0.926. The van der Waals surface area contributed by atoms with Crippen LogP contribution < -0.4 is 4.70 Å². The Balaban J connectivity index is -0.000000507. The molecule has 0 aromatic carbocycles. The Bertz CT molecular complexity index is 429. The van der Waals surface area contributed by atoms with Gasteiger partial charge in [-0.2, -0.15) is 0 Å². The highest BCUT2D eigenvalue weighted by Gasteiger charge is 2.40. The number of quaternary nitrogens is 1. The van der Waals surface area contributed by atoms with E-state index in [9.17, 15) is 9.59 Å². The van der Waals surface area contributed by atoms with Gasteiger partial charge in [-0.15, -0.1) is 0 Å². The molecule has 0 aliphatic heterocycles. The van der Waals surface area contributed by atoms with Crippen LogP contribution in [0.2, 0.25) is 0 Å². The fourth-order valence-corrected chi connectivity index (χ4v) is 4.15. The molecule has 0 aromatic heterocycles. The molecule has 4 heteroatoms. The molecule has 0 saturated carbocycles. The van der Waals surface area contributed by atoms with Gasteiger partial charge in [0.25, 0.3) is 0 Å². The van der Waals surface area contributed by atoms with Crippen molar-refractivity contribution in [1.29, 1.82) is 0 Å². The maximum absolute atomic E-state index is 11.9. The lowest BCUT2D eigenvalue weighted by Crippen LogP contribution is -3.00. The predicted molar refractivity (Wildman–Crippen MR) is 133 cm³/mol. The van der Waals surface area contributed by atoms with E-state index >= 15 is 0 Å². The van der Waals surface area contributed by atoms with Crippen molar-refractivity contribution in [2.75, 3.05) is 26.2 Å². The summed E-state index contributed by atoms with van der Waals surface area (Å²) < 4.78 is 1.42. The summed E-state index contributed by atoms with van der Waals surface area (Å²) >= 11 is 0. The van der Waals surface area contributed by atoms with Crippen molar-refractivity contribution in [3.63, 3.8) is 0 Å². The van der Waals surface area contributed by atoms with Gasteiger partial charge in [0.15, 0.2) is 5.78 Å². The summed E-state index contributed by atoms with van der Waals surface area (Å²) in [5, 5.41) is 0. The Kier molecular flexibility index (Phi) is 19.9. The van der Waals surface area contributed by atoms with Crippen LogP contribution in [-0.4, -0.2) is 42.2 Å². The molecule has 0 fully saturated rings. The highest BCUT2D eigenvalue weighted by Crippen LogP contribution is 2.30. The van der Waals surface area contributed by atoms with E-state index in [4.69, 9.17) is 0 Å². The van der Waals surface area contributed by atoms with E-state index in [1.165, 1.54) is 82.0 Å². The first kappa shape index (κ1) is 34.8. The van der Waals surface area contributed by atoms with Crippen LogP contribution in [0.15, 0.2) is 0 Å². The number of rotatable bonds is 15. The molecule has 0 rings (SSSR count). The average molecular weight is 446 g/mol. The minimum Gasteiger partial charge on any atom is -1.00 e. The van der Waals surface area contributed by atoms with E-state index in [-0.39, 0.29) is 16.3 Å². The lowest BCUT2D eigenvalue weighted by atomic mass is 9.72. The summed E-state index contributed by atoms with van der Waals surface area (Å²) in [7, 11) is 0. The number of hydrogen-bond donors (Lipinski definition) is 0. The smallest absolute Gasteiger partial charge is 0.151 e. The first-order chi connectivity index (χ1) is 13.9. The largest absolute Gasteiger partial charge is 1.00 e. The van der Waals surface area contributed by atoms with Crippen LogP contribution in [0.4, 0.5) is 0 Å². The van der Waals surface area contributed by atoms with Gasteiger partial charge in [-0.1, -0.05) is 81.1 Å². The standard InChI is InChI=1S/C16H36N.C11H20O2.FH/c1-5-9-13-17(14-10-6-2,15-11-7-3)16-12-8-4;1-7-8(12)11(5,6)9(13)10(2,3)4;/h5-16H2,1-4H3;7H2,1-6H3;1H/q+1;;/p-1. The van der Waals surface area contributed by atoms with Gasteiger partial charge < -0.3 is 9.19 Å². The second-order valence-electron chi connectivity index (χ2n) is 10.6. The lowest BCUT2D eigenvalue weighted by Gasteiger charge is -2.39. The molecule has 0 N–H and O–H groups in total.